The zero-order valence-electron chi connectivity index (χ0n) is 13.6. The van der Waals surface area contributed by atoms with Crippen molar-refractivity contribution in [2.24, 2.45) is 0 Å². The lowest BCUT2D eigenvalue weighted by Gasteiger charge is -2.42. The number of carbonyl (C=O) groups excluding carboxylic acids is 1. The van der Waals surface area contributed by atoms with Crippen LogP contribution >= 0.6 is 0 Å². The molecule has 3 rings (SSSR count). The Kier molecular flexibility index (Phi) is 5.23. The summed E-state index contributed by atoms with van der Waals surface area (Å²) in [5.41, 5.74) is 1.11. The van der Waals surface area contributed by atoms with Crippen LogP contribution in [0.25, 0.3) is 0 Å². The number of hydrogen-bond acceptors (Lipinski definition) is 4. The van der Waals surface area contributed by atoms with Crippen molar-refractivity contribution in [2.45, 2.75) is 18.4 Å². The van der Waals surface area contributed by atoms with Crippen molar-refractivity contribution in [1.29, 1.82) is 0 Å². The zero-order chi connectivity index (χ0) is 16.8. The maximum absolute atomic E-state index is 12.6. The van der Waals surface area contributed by atoms with Gasteiger partial charge in [0.05, 0.1) is 26.2 Å². The summed E-state index contributed by atoms with van der Waals surface area (Å²) in [6.07, 6.45) is 2.54. The van der Waals surface area contributed by atoms with Crippen LogP contribution in [0.2, 0.25) is 0 Å². The van der Waals surface area contributed by atoms with Crippen molar-refractivity contribution in [2.75, 3.05) is 26.3 Å². The third-order valence-corrected chi connectivity index (χ3v) is 4.32. The van der Waals surface area contributed by atoms with E-state index in [0.717, 1.165) is 11.3 Å². The minimum Gasteiger partial charge on any atom is -0.393 e. The summed E-state index contributed by atoms with van der Waals surface area (Å²) in [7, 11) is 0. The maximum atomic E-state index is 12.6. The summed E-state index contributed by atoms with van der Waals surface area (Å²) >= 11 is 0. The number of nitrogens with zero attached hydrogens (tertiary/aromatic N) is 2. The molecular weight excluding hydrogens is 304 g/mol. The third-order valence-electron chi connectivity index (χ3n) is 4.32. The van der Waals surface area contributed by atoms with E-state index in [1.807, 2.05) is 48.5 Å². The molecule has 1 aliphatic heterocycles. The van der Waals surface area contributed by atoms with Crippen LogP contribution in [0.15, 0.2) is 54.7 Å². The van der Waals surface area contributed by atoms with E-state index in [0.29, 0.717) is 26.1 Å². The van der Waals surface area contributed by atoms with E-state index in [9.17, 15) is 9.90 Å². The summed E-state index contributed by atoms with van der Waals surface area (Å²) in [5.74, 6) is 0.0166. The van der Waals surface area contributed by atoms with E-state index in [1.54, 1.807) is 11.1 Å². The van der Waals surface area contributed by atoms with Crippen molar-refractivity contribution in [3.05, 3.63) is 66.0 Å². The monoisotopic (exact) mass is 326 g/mol. The largest absolute Gasteiger partial charge is 0.393 e. The fourth-order valence-electron chi connectivity index (χ4n) is 3.05. The molecule has 1 aromatic carbocycles. The molecule has 2 heterocycles. The van der Waals surface area contributed by atoms with Gasteiger partial charge in [0, 0.05) is 24.9 Å². The summed E-state index contributed by atoms with van der Waals surface area (Å²) in [6.45, 7) is 1.25. The molecule has 126 valence electrons. The first kappa shape index (κ1) is 16.6. The second-order valence-electron chi connectivity index (χ2n) is 6.17. The van der Waals surface area contributed by atoms with Gasteiger partial charge in [0.15, 0.2) is 0 Å². The Bertz CT molecular complexity index is 663. The number of aliphatic hydroxyl groups is 1. The first-order valence-electron chi connectivity index (χ1n) is 8.17. The van der Waals surface area contributed by atoms with E-state index in [1.165, 1.54) is 0 Å². The lowest BCUT2D eigenvalue weighted by Crippen LogP contribution is -2.57. The number of benzene rings is 1. The van der Waals surface area contributed by atoms with Crippen molar-refractivity contribution in [3.8, 4) is 0 Å². The topological polar surface area (TPSA) is 62.7 Å². The predicted molar refractivity (Wildman–Crippen MR) is 90.4 cm³/mol. The molecule has 1 atom stereocenters. The van der Waals surface area contributed by atoms with Crippen LogP contribution in [0.1, 0.15) is 11.3 Å². The number of morpholine rings is 1. The standard InChI is InChI=1S/C19H22N2O3/c22-15-19(13-16-6-2-1-3-7-16)14-21(10-11-24-19)18(23)12-17-8-4-5-9-20-17/h1-9,22H,10-15H2/t19-/m0/s1. The Morgan fingerprint density at radius 1 is 1.21 bits per heavy atom. The van der Waals surface area contributed by atoms with Crippen molar-refractivity contribution in [3.63, 3.8) is 0 Å². The van der Waals surface area contributed by atoms with Gasteiger partial charge in [0.1, 0.15) is 5.60 Å². The highest BCUT2D eigenvalue weighted by atomic mass is 16.5. The number of rotatable bonds is 5. The summed E-state index contributed by atoms with van der Waals surface area (Å²) in [6, 6.07) is 15.5. The molecule has 0 unspecified atom stereocenters. The van der Waals surface area contributed by atoms with E-state index < -0.39 is 5.60 Å². The number of carbonyl (C=O) groups is 1. The molecule has 1 saturated heterocycles. The van der Waals surface area contributed by atoms with Crippen LogP contribution in [0.4, 0.5) is 0 Å². The Morgan fingerprint density at radius 3 is 2.71 bits per heavy atom. The molecule has 1 aliphatic rings. The molecule has 1 fully saturated rings. The minimum absolute atomic E-state index is 0.0166. The van der Waals surface area contributed by atoms with Crippen LogP contribution < -0.4 is 0 Å². The van der Waals surface area contributed by atoms with Gasteiger partial charge in [-0.15, -0.1) is 0 Å². The van der Waals surface area contributed by atoms with E-state index in [-0.39, 0.29) is 18.9 Å². The Morgan fingerprint density at radius 2 is 2.00 bits per heavy atom. The molecule has 24 heavy (non-hydrogen) atoms. The fraction of sp³-hybridized carbons (Fsp3) is 0.368. The number of aromatic nitrogens is 1. The first-order valence-corrected chi connectivity index (χ1v) is 8.17. The zero-order valence-corrected chi connectivity index (χ0v) is 13.6. The summed E-state index contributed by atoms with van der Waals surface area (Å²) in [4.78, 5) is 18.6. The first-order chi connectivity index (χ1) is 11.7. The number of aliphatic hydroxyl groups excluding tert-OH is 1. The molecule has 1 aromatic heterocycles. The van der Waals surface area contributed by atoms with Gasteiger partial charge >= 0.3 is 0 Å². The van der Waals surface area contributed by atoms with Crippen LogP contribution in [0, 0.1) is 0 Å². The van der Waals surface area contributed by atoms with Crippen molar-refractivity contribution < 1.29 is 14.6 Å². The fourth-order valence-corrected chi connectivity index (χ4v) is 3.05. The Hall–Kier alpha value is -2.24. The number of pyridine rings is 1. The third kappa shape index (κ3) is 3.99. The highest BCUT2D eigenvalue weighted by molar-refractivity contribution is 5.78. The van der Waals surface area contributed by atoms with Gasteiger partial charge in [-0.3, -0.25) is 9.78 Å². The van der Waals surface area contributed by atoms with Gasteiger partial charge in [-0.1, -0.05) is 36.4 Å². The SMILES string of the molecule is O=C(Cc1ccccn1)N1CCO[C@@](CO)(Cc2ccccc2)C1. The van der Waals surface area contributed by atoms with Crippen molar-refractivity contribution >= 4 is 5.91 Å². The highest BCUT2D eigenvalue weighted by Gasteiger charge is 2.38. The molecule has 5 nitrogen and oxygen atoms in total. The van der Waals surface area contributed by atoms with Gasteiger partial charge in [-0.05, 0) is 17.7 Å². The number of amides is 1. The second-order valence-corrected chi connectivity index (χ2v) is 6.17. The second kappa shape index (κ2) is 7.55. The molecule has 0 bridgehead atoms. The molecule has 2 aromatic rings. The van der Waals surface area contributed by atoms with Gasteiger partial charge in [0.25, 0.3) is 0 Å². The Balaban J connectivity index is 1.68. The molecule has 0 spiro atoms. The number of ether oxygens (including phenoxy) is 1. The lowest BCUT2D eigenvalue weighted by molar-refractivity contribution is -0.157. The van der Waals surface area contributed by atoms with E-state index >= 15 is 0 Å². The molecule has 0 saturated carbocycles. The average Bonchev–Trinajstić information content (AvgIpc) is 2.63. The van der Waals surface area contributed by atoms with Gasteiger partial charge in [0.2, 0.25) is 5.91 Å². The minimum atomic E-state index is -0.737. The van der Waals surface area contributed by atoms with Crippen LogP contribution in [0.3, 0.4) is 0 Å². The molecule has 1 N–H and O–H groups in total. The quantitative estimate of drug-likeness (QED) is 0.903. The highest BCUT2D eigenvalue weighted by Crippen LogP contribution is 2.23. The Labute approximate surface area is 141 Å². The molecule has 1 amide bonds. The van der Waals surface area contributed by atoms with Gasteiger partial charge in [-0.2, -0.15) is 0 Å². The smallest absolute Gasteiger partial charge is 0.228 e. The van der Waals surface area contributed by atoms with Gasteiger partial charge < -0.3 is 14.7 Å². The van der Waals surface area contributed by atoms with Crippen LogP contribution in [-0.2, 0) is 22.4 Å². The average molecular weight is 326 g/mol. The molecule has 0 aliphatic carbocycles. The molecule has 5 heteroatoms. The maximum Gasteiger partial charge on any atom is 0.228 e. The molecule has 0 radical (unpaired) electrons. The van der Waals surface area contributed by atoms with E-state index in [2.05, 4.69) is 4.98 Å². The summed E-state index contributed by atoms with van der Waals surface area (Å²) < 4.78 is 5.89. The number of hydrogen-bond donors (Lipinski definition) is 1. The molecular formula is C19H22N2O3. The van der Waals surface area contributed by atoms with Gasteiger partial charge in [-0.25, -0.2) is 0 Å². The van der Waals surface area contributed by atoms with Crippen LogP contribution in [0.5, 0.6) is 0 Å². The van der Waals surface area contributed by atoms with E-state index in [4.69, 9.17) is 4.74 Å². The van der Waals surface area contributed by atoms with Crippen molar-refractivity contribution in [1.82, 2.24) is 9.88 Å². The van der Waals surface area contributed by atoms with Crippen LogP contribution in [-0.4, -0.2) is 52.8 Å². The predicted octanol–water partition coefficient (Wildman–Crippen LogP) is 1.46. The normalized spacial score (nSPS) is 20.8. The summed E-state index contributed by atoms with van der Waals surface area (Å²) in [5, 5.41) is 9.92. The lowest BCUT2D eigenvalue weighted by atomic mass is 9.93.